The lowest BCUT2D eigenvalue weighted by atomic mass is 10.6. The molecule has 80 valence electrons. The molecular weight excluding hydrogens is 162 g/mol. The van der Waals surface area contributed by atoms with Gasteiger partial charge in [-0.1, -0.05) is 34.1 Å². The first-order chi connectivity index (χ1) is 6.18. The van der Waals surface area contributed by atoms with E-state index in [1.165, 1.54) is 13.3 Å². The van der Waals surface area contributed by atoms with Crippen molar-refractivity contribution in [2.24, 2.45) is 0 Å². The molecule has 0 aromatic rings. The van der Waals surface area contributed by atoms with Crippen molar-refractivity contribution < 1.29 is 4.79 Å². The van der Waals surface area contributed by atoms with Crippen LogP contribution in [0.1, 0.15) is 48.0 Å². The van der Waals surface area contributed by atoms with Crippen molar-refractivity contribution in [3.8, 4) is 12.8 Å². The summed E-state index contributed by atoms with van der Waals surface area (Å²) in [6.45, 7) is 12.4. The topological polar surface area (TPSA) is 29.1 Å². The highest BCUT2D eigenvalue weighted by atomic mass is 16.1. The fourth-order valence-electron chi connectivity index (χ4n) is 0.249. The van der Waals surface area contributed by atoms with Gasteiger partial charge in [0, 0.05) is 13.5 Å². The third-order valence-electron chi connectivity index (χ3n) is 0.426. The quantitative estimate of drug-likeness (QED) is 0.628. The molecule has 1 N–H and O–H groups in total. The highest BCUT2D eigenvalue weighted by Crippen LogP contribution is 1.56. The van der Waals surface area contributed by atoms with Gasteiger partial charge in [0.25, 0.3) is 0 Å². The Balaban J connectivity index is -0.0000000493. The van der Waals surface area contributed by atoms with E-state index in [9.17, 15) is 4.79 Å². The predicted molar refractivity (Wildman–Crippen MR) is 61.6 cm³/mol. The molecule has 1 amide bonds. The molecule has 0 saturated heterocycles. The summed E-state index contributed by atoms with van der Waals surface area (Å²) in [5, 5.41) is 2.57. The monoisotopic (exact) mass is 187 g/mol. The van der Waals surface area contributed by atoms with E-state index in [0.29, 0.717) is 0 Å². The van der Waals surface area contributed by atoms with Gasteiger partial charge in [0.15, 0.2) is 0 Å². The summed E-state index contributed by atoms with van der Waals surface area (Å²) in [6.07, 6.45) is 9.25. The molecule has 0 aromatic heterocycles. The van der Waals surface area contributed by atoms with Gasteiger partial charge in [0.1, 0.15) is 0 Å². The summed E-state index contributed by atoms with van der Waals surface area (Å²) < 4.78 is 0. The molecule has 0 spiro atoms. The Labute approximate surface area is 84.1 Å². The van der Waals surface area contributed by atoms with Crippen LogP contribution in [0, 0.1) is 12.8 Å². The van der Waals surface area contributed by atoms with Crippen LogP contribution in [-0.2, 0) is 4.79 Å². The molecule has 0 bridgehead atoms. The van der Waals surface area contributed by atoms with E-state index < -0.39 is 0 Å². The summed E-state index contributed by atoms with van der Waals surface area (Å²) in [5.41, 5.74) is 0. The fourth-order valence-corrected chi connectivity index (χ4v) is 0.249. The van der Waals surface area contributed by atoms with Crippen molar-refractivity contribution >= 4 is 5.91 Å². The second-order valence-corrected chi connectivity index (χ2v) is 1.79. The van der Waals surface area contributed by atoms with Crippen molar-refractivity contribution in [2.45, 2.75) is 48.0 Å². The van der Waals surface area contributed by atoms with Crippen LogP contribution in [0.5, 0.6) is 0 Å². The Morgan fingerprint density at radius 2 is 1.38 bits per heavy atom. The largest absolute Gasteiger partial charge is 0.357 e. The Hall–Kier alpha value is -0.970. The van der Waals surface area contributed by atoms with E-state index in [1.807, 2.05) is 20.8 Å². The van der Waals surface area contributed by atoms with Gasteiger partial charge in [-0.25, -0.2) is 0 Å². The molecule has 0 saturated carbocycles. The number of nitrogens with one attached hydrogen (secondary N) is 1. The Morgan fingerprint density at radius 1 is 1.15 bits per heavy atom. The van der Waals surface area contributed by atoms with Crippen molar-refractivity contribution in [1.29, 1.82) is 0 Å². The second-order valence-electron chi connectivity index (χ2n) is 1.79. The smallest absolute Gasteiger partial charge is 0.216 e. The van der Waals surface area contributed by atoms with Crippen LogP contribution in [0.3, 0.4) is 0 Å². The van der Waals surface area contributed by atoms with Crippen molar-refractivity contribution in [3.05, 3.63) is 0 Å². The van der Waals surface area contributed by atoms with Crippen molar-refractivity contribution in [3.63, 3.8) is 0 Å². The SMILES string of the molecule is C#C.CC.CCC.CCNC(C)=O. The predicted octanol–water partition coefficient (Wildman–Crippen LogP) is 2.83. The lowest BCUT2D eigenvalue weighted by Crippen LogP contribution is -2.18. The van der Waals surface area contributed by atoms with Crippen LogP contribution in [-0.4, -0.2) is 12.5 Å². The zero-order valence-corrected chi connectivity index (χ0v) is 9.98. The molecule has 0 rings (SSSR count). The highest BCUT2D eigenvalue weighted by molar-refractivity contribution is 5.72. The second kappa shape index (κ2) is 43.9. The first-order valence-corrected chi connectivity index (χ1v) is 4.76. The summed E-state index contributed by atoms with van der Waals surface area (Å²) in [5.74, 6) is 0.0394. The standard InChI is InChI=1S/C4H9NO.C3H8.C2H6.C2H2/c1-3-5-4(2)6;1-3-2;2*1-2/h3H2,1-2H3,(H,5,6);3H2,1-2H3;1-2H3;1-2H. The molecule has 0 fully saturated rings. The first kappa shape index (κ1) is 22.7. The Bertz CT molecular complexity index is 87.3. The Kier molecular flexibility index (Phi) is 76.6. The number of rotatable bonds is 1. The minimum absolute atomic E-state index is 0.0394. The molecule has 0 aliphatic rings. The lowest BCUT2D eigenvalue weighted by molar-refractivity contribution is -0.118. The average Bonchev–Trinajstić information content (AvgIpc) is 2.12. The van der Waals surface area contributed by atoms with Gasteiger partial charge in [-0.15, -0.1) is 12.8 Å². The molecule has 0 radical (unpaired) electrons. The maximum atomic E-state index is 9.93. The molecule has 0 aliphatic carbocycles. The van der Waals surface area contributed by atoms with E-state index >= 15 is 0 Å². The van der Waals surface area contributed by atoms with Gasteiger partial charge >= 0.3 is 0 Å². The van der Waals surface area contributed by atoms with Gasteiger partial charge in [0.2, 0.25) is 5.91 Å². The molecule has 0 heterocycles. The van der Waals surface area contributed by atoms with Crippen LogP contribution < -0.4 is 5.32 Å². The Morgan fingerprint density at radius 3 is 1.38 bits per heavy atom. The van der Waals surface area contributed by atoms with Crippen molar-refractivity contribution in [1.82, 2.24) is 5.32 Å². The maximum absolute atomic E-state index is 9.93. The normalized spacial score (nSPS) is 5.54. The lowest BCUT2D eigenvalue weighted by Gasteiger charge is -1.88. The molecule has 0 atom stereocenters. The number of terminal acetylenes is 1. The van der Waals surface area contributed by atoms with Gasteiger partial charge < -0.3 is 5.32 Å². The van der Waals surface area contributed by atoms with E-state index in [4.69, 9.17) is 0 Å². The van der Waals surface area contributed by atoms with Crippen LogP contribution in [0.25, 0.3) is 0 Å². The fraction of sp³-hybridized carbons (Fsp3) is 0.727. The van der Waals surface area contributed by atoms with E-state index in [1.54, 1.807) is 0 Å². The number of amides is 1. The third kappa shape index (κ3) is 218. The van der Waals surface area contributed by atoms with E-state index in [0.717, 1.165) is 6.54 Å². The zero-order valence-electron chi connectivity index (χ0n) is 9.98. The molecule has 2 heteroatoms. The molecule has 0 aromatic carbocycles. The molecule has 13 heavy (non-hydrogen) atoms. The van der Waals surface area contributed by atoms with E-state index in [2.05, 4.69) is 32.0 Å². The van der Waals surface area contributed by atoms with Gasteiger partial charge in [-0.05, 0) is 6.92 Å². The summed E-state index contributed by atoms with van der Waals surface area (Å²) in [6, 6.07) is 0. The molecule has 0 unspecified atom stereocenters. The minimum Gasteiger partial charge on any atom is -0.357 e. The van der Waals surface area contributed by atoms with Gasteiger partial charge in [0.05, 0.1) is 0 Å². The zero-order chi connectivity index (χ0) is 11.7. The van der Waals surface area contributed by atoms with Gasteiger partial charge in [-0.3, -0.25) is 4.79 Å². The van der Waals surface area contributed by atoms with Gasteiger partial charge in [-0.2, -0.15) is 0 Å². The number of carbonyl (C=O) groups excluding carboxylic acids is 1. The minimum atomic E-state index is 0.0394. The molecule has 2 nitrogen and oxygen atoms in total. The van der Waals surface area contributed by atoms with Crippen LogP contribution in [0.4, 0.5) is 0 Å². The summed E-state index contributed by atoms with van der Waals surface area (Å²) in [7, 11) is 0. The maximum Gasteiger partial charge on any atom is 0.216 e. The number of carbonyl (C=O) groups is 1. The highest BCUT2D eigenvalue weighted by Gasteiger charge is 1.78. The summed E-state index contributed by atoms with van der Waals surface area (Å²) in [4.78, 5) is 9.93. The molecule has 0 aliphatic heterocycles. The first-order valence-electron chi connectivity index (χ1n) is 4.76. The van der Waals surface area contributed by atoms with Crippen molar-refractivity contribution in [2.75, 3.05) is 6.54 Å². The van der Waals surface area contributed by atoms with E-state index in [-0.39, 0.29) is 5.91 Å². The number of hydrogen-bond acceptors (Lipinski definition) is 1. The third-order valence-corrected chi connectivity index (χ3v) is 0.426. The molecular formula is C11H25NO. The van der Waals surface area contributed by atoms with Crippen LogP contribution >= 0.6 is 0 Å². The average molecular weight is 187 g/mol. The summed E-state index contributed by atoms with van der Waals surface area (Å²) >= 11 is 0. The number of hydrogen-bond donors (Lipinski definition) is 1. The van der Waals surface area contributed by atoms with Crippen LogP contribution in [0.15, 0.2) is 0 Å². The van der Waals surface area contributed by atoms with Crippen LogP contribution in [0.2, 0.25) is 0 Å².